The van der Waals surface area contributed by atoms with E-state index in [1.807, 2.05) is 24.3 Å². The molecule has 132 valence electrons. The van der Waals surface area contributed by atoms with Crippen LogP contribution in [-0.2, 0) is 30.4 Å². The first-order valence-electron chi connectivity index (χ1n) is 7.63. The lowest BCUT2D eigenvalue weighted by Crippen LogP contribution is -2.41. The maximum atomic E-state index is 12.3. The molecule has 1 heterocycles. The van der Waals surface area contributed by atoms with Crippen molar-refractivity contribution in [3.8, 4) is 6.07 Å². The Labute approximate surface area is 144 Å². The summed E-state index contributed by atoms with van der Waals surface area (Å²) in [7, 11) is 0. The number of nitrogens with zero attached hydrogens (tertiary/aromatic N) is 2. The maximum Gasteiger partial charge on any atom is 0.411 e. The van der Waals surface area contributed by atoms with Crippen LogP contribution in [0.15, 0.2) is 30.3 Å². The SMILES string of the molecule is CC(=O)O[C@H]1[C@@H](OC(C)=O)CN(C(=O)OCc2ccccc2)[C@@H]1C#N. The Bertz CT molecular complexity index is 684. The predicted octanol–water partition coefficient (Wildman–Crippen LogP) is 1.39. The van der Waals surface area contributed by atoms with E-state index in [1.54, 1.807) is 12.1 Å². The van der Waals surface area contributed by atoms with Gasteiger partial charge in [-0.05, 0) is 5.56 Å². The first kappa shape index (κ1) is 18.3. The molecule has 2 rings (SSSR count). The fourth-order valence-electron chi connectivity index (χ4n) is 2.57. The number of hydrogen-bond donors (Lipinski definition) is 0. The summed E-state index contributed by atoms with van der Waals surface area (Å²) in [6, 6.07) is 9.85. The van der Waals surface area contributed by atoms with Crippen LogP contribution in [0.2, 0.25) is 0 Å². The van der Waals surface area contributed by atoms with Gasteiger partial charge < -0.3 is 14.2 Å². The number of hydrogen-bond acceptors (Lipinski definition) is 7. The predicted molar refractivity (Wildman–Crippen MR) is 83.8 cm³/mol. The highest BCUT2D eigenvalue weighted by atomic mass is 16.6. The van der Waals surface area contributed by atoms with Gasteiger partial charge in [-0.3, -0.25) is 14.5 Å². The molecule has 1 saturated heterocycles. The molecule has 0 unspecified atom stereocenters. The summed E-state index contributed by atoms with van der Waals surface area (Å²) in [5.74, 6) is -1.24. The van der Waals surface area contributed by atoms with Crippen LogP contribution in [0.1, 0.15) is 19.4 Å². The van der Waals surface area contributed by atoms with E-state index < -0.39 is 36.3 Å². The molecule has 1 aliphatic heterocycles. The Hall–Kier alpha value is -3.08. The molecule has 0 radical (unpaired) electrons. The van der Waals surface area contributed by atoms with Crippen LogP contribution in [0.25, 0.3) is 0 Å². The van der Waals surface area contributed by atoms with Gasteiger partial charge in [0.25, 0.3) is 0 Å². The van der Waals surface area contributed by atoms with Crippen molar-refractivity contribution in [1.29, 1.82) is 5.26 Å². The van der Waals surface area contributed by atoms with Gasteiger partial charge >= 0.3 is 18.0 Å². The van der Waals surface area contributed by atoms with E-state index in [-0.39, 0.29) is 13.2 Å². The van der Waals surface area contributed by atoms with Gasteiger partial charge in [0, 0.05) is 13.8 Å². The molecule has 1 aliphatic rings. The van der Waals surface area contributed by atoms with Crippen LogP contribution in [-0.4, -0.2) is 47.7 Å². The number of ether oxygens (including phenoxy) is 3. The van der Waals surface area contributed by atoms with Crippen molar-refractivity contribution in [2.75, 3.05) is 6.54 Å². The zero-order chi connectivity index (χ0) is 18.4. The molecule has 1 aromatic rings. The number of carbonyl (C=O) groups excluding carboxylic acids is 3. The number of likely N-dealkylation sites (tertiary alicyclic amines) is 1. The maximum absolute atomic E-state index is 12.3. The summed E-state index contributed by atoms with van der Waals surface area (Å²) in [4.78, 5) is 35.9. The highest BCUT2D eigenvalue weighted by molar-refractivity contribution is 5.71. The highest BCUT2D eigenvalue weighted by Crippen LogP contribution is 2.25. The average molecular weight is 346 g/mol. The van der Waals surface area contributed by atoms with Crippen molar-refractivity contribution in [2.45, 2.75) is 38.7 Å². The third-order valence-electron chi connectivity index (χ3n) is 3.58. The number of benzene rings is 1. The summed E-state index contributed by atoms with van der Waals surface area (Å²) >= 11 is 0. The van der Waals surface area contributed by atoms with Gasteiger partial charge in [0.1, 0.15) is 6.61 Å². The number of rotatable bonds is 4. The molecular formula is C17H18N2O6. The van der Waals surface area contributed by atoms with Crippen LogP contribution < -0.4 is 0 Å². The molecule has 0 aromatic heterocycles. The van der Waals surface area contributed by atoms with Gasteiger partial charge in [0.15, 0.2) is 18.2 Å². The van der Waals surface area contributed by atoms with Gasteiger partial charge in [0.05, 0.1) is 12.6 Å². The van der Waals surface area contributed by atoms with Crippen molar-refractivity contribution in [1.82, 2.24) is 4.90 Å². The van der Waals surface area contributed by atoms with E-state index in [1.165, 1.54) is 13.8 Å². The molecule has 25 heavy (non-hydrogen) atoms. The van der Waals surface area contributed by atoms with E-state index in [0.717, 1.165) is 10.5 Å². The Morgan fingerprint density at radius 2 is 1.80 bits per heavy atom. The van der Waals surface area contributed by atoms with Gasteiger partial charge in [-0.25, -0.2) is 4.79 Å². The van der Waals surface area contributed by atoms with E-state index in [9.17, 15) is 19.6 Å². The molecule has 0 spiro atoms. The summed E-state index contributed by atoms with van der Waals surface area (Å²) in [5.41, 5.74) is 0.789. The van der Waals surface area contributed by atoms with Crippen LogP contribution in [0.3, 0.4) is 0 Å². The lowest BCUT2D eigenvalue weighted by molar-refractivity contribution is -0.161. The van der Waals surface area contributed by atoms with Crippen LogP contribution in [0.5, 0.6) is 0 Å². The topological polar surface area (TPSA) is 106 Å². The van der Waals surface area contributed by atoms with Gasteiger partial charge in [-0.2, -0.15) is 5.26 Å². The number of esters is 2. The van der Waals surface area contributed by atoms with Crippen molar-refractivity contribution in [3.63, 3.8) is 0 Å². The number of nitriles is 1. The standard InChI is InChI=1S/C17H18N2O6/c1-11(20)24-15-9-19(14(8-18)16(15)25-12(2)21)17(22)23-10-13-6-4-3-5-7-13/h3-7,14-16H,9-10H2,1-2H3/t14-,15+,16-/m1/s1. The van der Waals surface area contributed by atoms with Crippen molar-refractivity contribution in [3.05, 3.63) is 35.9 Å². The second-order valence-electron chi connectivity index (χ2n) is 5.49. The first-order valence-corrected chi connectivity index (χ1v) is 7.63. The van der Waals surface area contributed by atoms with Crippen molar-refractivity contribution in [2.24, 2.45) is 0 Å². The molecule has 1 amide bonds. The zero-order valence-corrected chi connectivity index (χ0v) is 13.9. The molecule has 1 fully saturated rings. The Morgan fingerprint density at radius 1 is 1.16 bits per heavy atom. The van der Waals surface area contributed by atoms with E-state index in [4.69, 9.17) is 14.2 Å². The van der Waals surface area contributed by atoms with E-state index in [2.05, 4.69) is 0 Å². The van der Waals surface area contributed by atoms with Gasteiger partial charge in [-0.1, -0.05) is 30.3 Å². The van der Waals surface area contributed by atoms with Crippen LogP contribution in [0, 0.1) is 11.3 Å². The summed E-state index contributed by atoms with van der Waals surface area (Å²) in [6.07, 6.45) is -2.73. The van der Waals surface area contributed by atoms with Gasteiger partial charge in [0.2, 0.25) is 0 Å². The molecule has 3 atom stereocenters. The molecule has 0 bridgehead atoms. The molecule has 0 saturated carbocycles. The largest absolute Gasteiger partial charge is 0.457 e. The van der Waals surface area contributed by atoms with Crippen molar-refractivity contribution < 1.29 is 28.6 Å². The molecule has 0 aliphatic carbocycles. The fourth-order valence-corrected chi connectivity index (χ4v) is 2.57. The van der Waals surface area contributed by atoms with Crippen LogP contribution in [0.4, 0.5) is 4.79 Å². The minimum absolute atomic E-state index is 0.0325. The number of amides is 1. The first-order chi connectivity index (χ1) is 11.9. The Kier molecular flexibility index (Phi) is 5.95. The normalized spacial score (nSPS) is 22.0. The summed E-state index contributed by atoms with van der Waals surface area (Å²) in [5, 5.41) is 9.37. The van der Waals surface area contributed by atoms with Crippen molar-refractivity contribution >= 4 is 18.0 Å². The molecule has 8 heteroatoms. The molecule has 1 aromatic carbocycles. The smallest absolute Gasteiger partial charge is 0.411 e. The summed E-state index contributed by atoms with van der Waals surface area (Å²) in [6.45, 7) is 2.31. The zero-order valence-electron chi connectivity index (χ0n) is 13.9. The highest BCUT2D eigenvalue weighted by Gasteiger charge is 2.49. The lowest BCUT2D eigenvalue weighted by Gasteiger charge is -2.21. The monoisotopic (exact) mass is 346 g/mol. The minimum Gasteiger partial charge on any atom is -0.457 e. The number of carbonyl (C=O) groups is 3. The van der Waals surface area contributed by atoms with Gasteiger partial charge in [-0.15, -0.1) is 0 Å². The third-order valence-corrected chi connectivity index (χ3v) is 3.58. The van der Waals surface area contributed by atoms with E-state index >= 15 is 0 Å². The minimum atomic E-state index is -1.10. The second kappa shape index (κ2) is 8.15. The lowest BCUT2D eigenvalue weighted by atomic mass is 10.1. The Balaban J connectivity index is 2.09. The summed E-state index contributed by atoms with van der Waals surface area (Å²) < 4.78 is 15.4. The fraction of sp³-hybridized carbons (Fsp3) is 0.412. The molecule has 0 N–H and O–H groups in total. The van der Waals surface area contributed by atoms with Crippen LogP contribution >= 0.6 is 0 Å². The molecule has 8 nitrogen and oxygen atoms in total. The Morgan fingerprint density at radius 3 is 2.36 bits per heavy atom. The second-order valence-corrected chi connectivity index (χ2v) is 5.49. The third kappa shape index (κ3) is 4.70. The van der Waals surface area contributed by atoms with E-state index in [0.29, 0.717) is 0 Å². The molecular weight excluding hydrogens is 328 g/mol. The average Bonchev–Trinajstić information content (AvgIpc) is 2.90. The quantitative estimate of drug-likeness (QED) is 0.599.